The van der Waals surface area contributed by atoms with Crippen molar-refractivity contribution in [1.29, 1.82) is 0 Å². The molecule has 0 unspecified atom stereocenters. The number of unbranched alkanes of at least 4 members (excludes halogenated alkanes) is 26. The van der Waals surface area contributed by atoms with Gasteiger partial charge < -0.3 is 57.2 Å². The highest BCUT2D eigenvalue weighted by molar-refractivity contribution is 5.91. The van der Waals surface area contributed by atoms with Crippen molar-refractivity contribution in [1.82, 2.24) is 0 Å². The number of rotatable bonds is 59. The van der Waals surface area contributed by atoms with Crippen molar-refractivity contribution in [2.24, 2.45) is 0 Å². The van der Waals surface area contributed by atoms with Gasteiger partial charge in [-0.05, 0) is 132 Å². The molecule has 0 radical (unpaired) electrons. The van der Waals surface area contributed by atoms with Crippen LogP contribution in [-0.2, 0) is 48.3 Å². The van der Waals surface area contributed by atoms with E-state index < -0.39 is 5.97 Å². The number of esters is 2. The second-order valence-corrected chi connectivity index (χ2v) is 25.7. The van der Waals surface area contributed by atoms with Gasteiger partial charge in [0.2, 0.25) is 5.75 Å². The summed E-state index contributed by atoms with van der Waals surface area (Å²) in [5.41, 5.74) is 3.43. The summed E-state index contributed by atoms with van der Waals surface area (Å²) in [6, 6.07) is 36.3. The van der Waals surface area contributed by atoms with Crippen molar-refractivity contribution in [3.05, 3.63) is 144 Å². The van der Waals surface area contributed by atoms with Gasteiger partial charge in [-0.2, -0.15) is 0 Å². The Labute approximate surface area is 581 Å². The van der Waals surface area contributed by atoms with Crippen LogP contribution < -0.4 is 28.4 Å². The van der Waals surface area contributed by atoms with Gasteiger partial charge in [0.1, 0.15) is 43.7 Å². The van der Waals surface area contributed by atoms with Crippen LogP contribution in [0.1, 0.15) is 234 Å². The molecule has 0 atom stereocenters. The van der Waals surface area contributed by atoms with Crippen molar-refractivity contribution < 1.29 is 66.8 Å². The molecule has 0 amide bonds. The molecule has 534 valence electrons. The van der Waals surface area contributed by atoms with E-state index in [0.717, 1.165) is 100 Å². The van der Waals surface area contributed by atoms with E-state index in [4.69, 9.17) is 57.2 Å². The zero-order valence-corrected chi connectivity index (χ0v) is 59.5. The zero-order chi connectivity index (χ0) is 68.4. The third kappa shape index (κ3) is 34.0. The fourth-order valence-corrected chi connectivity index (χ4v) is 11.5. The molecular weight excluding hydrogens is 1220 g/mol. The largest absolute Gasteiger partial charge is 0.494 e. The van der Waals surface area contributed by atoms with E-state index in [0.29, 0.717) is 75.7 Å². The maximum atomic E-state index is 14.1. The predicted molar refractivity (Wildman–Crippen MR) is 391 cm³/mol. The fourth-order valence-electron chi connectivity index (χ4n) is 11.5. The van der Waals surface area contributed by atoms with Gasteiger partial charge in [-0.1, -0.05) is 229 Å². The smallest absolute Gasteiger partial charge is 0.338 e. The first kappa shape index (κ1) is 79.1. The molecule has 0 aliphatic heterocycles. The van der Waals surface area contributed by atoms with E-state index in [1.54, 1.807) is 19.1 Å². The Hall–Kier alpha value is -6.84. The molecule has 6 rings (SSSR count). The summed E-state index contributed by atoms with van der Waals surface area (Å²) in [5.74, 6) is 2.62. The number of hydrogen-bond acceptors (Lipinski definition) is 14. The number of ether oxygens (including phenoxy) is 11. The molecule has 1 N–H and O–H groups in total. The second-order valence-electron chi connectivity index (χ2n) is 25.7. The molecule has 0 saturated carbocycles. The van der Waals surface area contributed by atoms with Crippen molar-refractivity contribution in [2.45, 2.75) is 227 Å². The average molecular weight is 1340 g/mol. The van der Waals surface area contributed by atoms with E-state index in [9.17, 15) is 9.59 Å². The summed E-state index contributed by atoms with van der Waals surface area (Å²) >= 11 is 0. The first-order valence-corrected chi connectivity index (χ1v) is 37.2. The second kappa shape index (κ2) is 50.5. The molecule has 6 aromatic rings. The maximum absolute atomic E-state index is 14.1. The SMILES string of the molecule is C=C(C)C(=O)OCCCCCCCCCCCOc1ccc(COc2c(OCc3ccc4cc(OCCCCCCCCCCCC)ccc4c3)cc(C(=O)OCCOCCOCCOCCO)cc2OCc2ccc3cc(OCCCCCCCCCCCC)ccc3c2)cc1. The number of aliphatic hydroxyl groups is 1. The first-order chi connectivity index (χ1) is 47.7. The number of aliphatic hydroxyl groups excluding tert-OH is 1. The number of benzene rings is 6. The van der Waals surface area contributed by atoms with E-state index in [1.165, 1.54) is 141 Å². The van der Waals surface area contributed by atoms with Gasteiger partial charge in [0.05, 0.1) is 78.2 Å². The molecule has 0 aliphatic rings. The molecule has 0 saturated heterocycles. The zero-order valence-electron chi connectivity index (χ0n) is 59.5. The van der Waals surface area contributed by atoms with E-state index in [2.05, 4.69) is 81.1 Å². The minimum absolute atomic E-state index is 0.0101. The van der Waals surface area contributed by atoms with E-state index in [-0.39, 0.29) is 57.8 Å². The Morgan fingerprint density at radius 1 is 0.340 bits per heavy atom. The highest BCUT2D eigenvalue weighted by atomic mass is 16.6. The summed E-state index contributed by atoms with van der Waals surface area (Å²) in [7, 11) is 0. The number of fused-ring (bicyclic) bond motifs is 2. The van der Waals surface area contributed by atoms with Gasteiger partial charge in [0.15, 0.2) is 11.5 Å². The molecule has 0 spiro atoms. The van der Waals surface area contributed by atoms with Crippen LogP contribution in [-0.4, -0.2) is 96.3 Å². The monoisotopic (exact) mass is 1340 g/mol. The molecule has 0 aromatic heterocycles. The van der Waals surface area contributed by atoms with E-state index in [1.807, 2.05) is 36.4 Å². The van der Waals surface area contributed by atoms with E-state index >= 15 is 0 Å². The normalized spacial score (nSPS) is 11.3. The van der Waals surface area contributed by atoms with Crippen LogP contribution in [0.2, 0.25) is 0 Å². The predicted octanol–water partition coefficient (Wildman–Crippen LogP) is 20.5. The lowest BCUT2D eigenvalue weighted by Crippen LogP contribution is -2.15. The molecular formula is C83H118O14. The lowest BCUT2D eigenvalue weighted by molar-refractivity contribution is -0.139. The minimum atomic E-state index is -0.574. The molecule has 0 fully saturated rings. The molecule has 6 aromatic carbocycles. The highest BCUT2D eigenvalue weighted by Gasteiger charge is 2.22. The van der Waals surface area contributed by atoms with Crippen LogP contribution in [0.5, 0.6) is 34.5 Å². The lowest BCUT2D eigenvalue weighted by Gasteiger charge is -2.19. The van der Waals surface area contributed by atoms with Crippen LogP contribution in [0.3, 0.4) is 0 Å². The average Bonchev–Trinajstić information content (AvgIpc) is 0.827. The van der Waals surface area contributed by atoms with Crippen molar-refractivity contribution in [2.75, 3.05) is 79.3 Å². The minimum Gasteiger partial charge on any atom is -0.494 e. The third-order valence-corrected chi connectivity index (χ3v) is 17.2. The summed E-state index contributed by atoms with van der Waals surface area (Å²) in [4.78, 5) is 25.6. The van der Waals surface area contributed by atoms with Crippen LogP contribution in [0, 0.1) is 0 Å². The first-order valence-electron chi connectivity index (χ1n) is 37.2. The van der Waals surface area contributed by atoms with Crippen LogP contribution in [0.4, 0.5) is 0 Å². The highest BCUT2D eigenvalue weighted by Crippen LogP contribution is 2.41. The van der Waals surface area contributed by atoms with Crippen LogP contribution in [0.25, 0.3) is 21.5 Å². The summed E-state index contributed by atoms with van der Waals surface area (Å²) in [6.45, 7) is 14.7. The van der Waals surface area contributed by atoms with Gasteiger partial charge in [-0.3, -0.25) is 0 Å². The fraction of sp³-hybridized carbons (Fsp3) is 0.566. The Bertz CT molecular complexity index is 2950. The molecule has 0 bridgehead atoms. The maximum Gasteiger partial charge on any atom is 0.338 e. The van der Waals surface area contributed by atoms with Crippen molar-refractivity contribution in [3.8, 4) is 34.5 Å². The molecule has 14 heteroatoms. The molecule has 14 nitrogen and oxygen atoms in total. The van der Waals surface area contributed by atoms with Gasteiger partial charge in [-0.25, -0.2) is 9.59 Å². The Morgan fingerprint density at radius 3 is 1.12 bits per heavy atom. The van der Waals surface area contributed by atoms with Gasteiger partial charge in [0.25, 0.3) is 0 Å². The van der Waals surface area contributed by atoms with Gasteiger partial charge in [-0.15, -0.1) is 0 Å². The quantitative estimate of drug-likeness (QED) is 0.0219. The summed E-state index contributed by atoms with van der Waals surface area (Å²) in [6.07, 6.45) is 35.6. The molecule has 97 heavy (non-hydrogen) atoms. The van der Waals surface area contributed by atoms with Crippen molar-refractivity contribution >= 4 is 33.5 Å². The number of carbonyl (C=O) groups is 2. The van der Waals surface area contributed by atoms with Gasteiger partial charge >= 0.3 is 11.9 Å². The standard InChI is InChI=1S/C83H118O14/c1-5-7-9-11-13-15-18-23-27-31-48-91-77-44-40-71-58-69(34-38-73(71)60-77)65-95-79-62-75(83(86)94-57-56-89-55-54-88-53-52-87-51-46-84)63-80(96-66-70-35-39-74-61-78(45-41-72(74)59-70)92-49-32-28-24-19-16-14-12-10-8-6-2)81(79)97-64-68-36-42-76(43-37-68)90-47-30-26-22-20-17-21-25-29-33-50-93-82(85)67(3)4/h34-45,58-63,84H,3,5-33,46-57,64-66H2,1-2,4H3. The number of hydrogen-bond donors (Lipinski definition) is 1. The summed E-state index contributed by atoms with van der Waals surface area (Å²) < 4.78 is 66.4. The summed E-state index contributed by atoms with van der Waals surface area (Å²) in [5, 5.41) is 13.2. The van der Waals surface area contributed by atoms with Crippen molar-refractivity contribution in [3.63, 3.8) is 0 Å². The van der Waals surface area contributed by atoms with Crippen LogP contribution in [0.15, 0.2) is 121 Å². The Balaban J connectivity index is 1.12. The van der Waals surface area contributed by atoms with Gasteiger partial charge in [0, 0.05) is 5.57 Å². The topological polar surface area (TPSA) is 156 Å². The van der Waals surface area contributed by atoms with Crippen LogP contribution >= 0.6 is 0 Å². The number of carbonyl (C=O) groups excluding carboxylic acids is 2. The Kier molecular flexibility index (Phi) is 41.2. The molecule has 0 aliphatic carbocycles. The Morgan fingerprint density at radius 2 is 0.691 bits per heavy atom. The third-order valence-electron chi connectivity index (χ3n) is 17.2. The molecule has 0 heterocycles. The lowest BCUT2D eigenvalue weighted by atomic mass is 10.1.